The lowest BCUT2D eigenvalue weighted by Crippen LogP contribution is -2.10. The van der Waals surface area contributed by atoms with E-state index < -0.39 is 0 Å². The molecule has 100 valence electrons. The number of benzene rings is 1. The molecule has 4 nitrogen and oxygen atoms in total. The van der Waals surface area contributed by atoms with Crippen molar-refractivity contribution in [3.05, 3.63) is 27.7 Å². The lowest BCUT2D eigenvalue weighted by Gasteiger charge is -2.14. The SMILES string of the molecule is COC(=O)CCOc1c(C)cc(Br)cc1CCN. The van der Waals surface area contributed by atoms with Crippen molar-refractivity contribution in [1.29, 1.82) is 0 Å². The highest BCUT2D eigenvalue weighted by atomic mass is 79.9. The number of halogens is 1. The fraction of sp³-hybridized carbons (Fsp3) is 0.462. The van der Waals surface area contributed by atoms with E-state index in [4.69, 9.17) is 10.5 Å². The van der Waals surface area contributed by atoms with Gasteiger partial charge in [-0.25, -0.2) is 0 Å². The van der Waals surface area contributed by atoms with Crippen molar-refractivity contribution in [1.82, 2.24) is 0 Å². The standard InChI is InChI=1S/C13H18BrNO3/c1-9-7-11(14)8-10(3-5-15)13(9)18-6-4-12(16)17-2/h7-8H,3-6,15H2,1-2H3. The summed E-state index contributed by atoms with van der Waals surface area (Å²) in [5, 5.41) is 0. The summed E-state index contributed by atoms with van der Waals surface area (Å²) in [7, 11) is 1.37. The Morgan fingerprint density at radius 3 is 2.78 bits per heavy atom. The second kappa shape index (κ2) is 7.38. The zero-order valence-corrected chi connectivity index (χ0v) is 12.2. The van der Waals surface area contributed by atoms with Crippen LogP contribution < -0.4 is 10.5 Å². The van der Waals surface area contributed by atoms with Crippen LogP contribution >= 0.6 is 15.9 Å². The molecule has 0 fully saturated rings. The first kappa shape index (κ1) is 15.0. The Balaban J connectivity index is 2.76. The first-order chi connectivity index (χ1) is 8.58. The predicted octanol–water partition coefficient (Wildman–Crippen LogP) is 2.20. The first-order valence-corrected chi connectivity index (χ1v) is 6.56. The number of methoxy groups -OCH3 is 1. The number of nitrogens with two attached hydrogens (primary N) is 1. The van der Waals surface area contributed by atoms with Crippen LogP contribution in [0.5, 0.6) is 5.75 Å². The highest BCUT2D eigenvalue weighted by Crippen LogP contribution is 2.28. The summed E-state index contributed by atoms with van der Waals surface area (Å²) in [6, 6.07) is 3.97. The highest BCUT2D eigenvalue weighted by molar-refractivity contribution is 9.10. The number of esters is 1. The maximum atomic E-state index is 11.0. The zero-order chi connectivity index (χ0) is 13.5. The molecule has 5 heteroatoms. The van der Waals surface area contributed by atoms with Crippen molar-refractivity contribution < 1.29 is 14.3 Å². The molecule has 0 radical (unpaired) electrons. The van der Waals surface area contributed by atoms with Gasteiger partial charge in [-0.2, -0.15) is 0 Å². The third-order valence-electron chi connectivity index (χ3n) is 2.51. The topological polar surface area (TPSA) is 61.5 Å². The number of rotatable bonds is 6. The summed E-state index contributed by atoms with van der Waals surface area (Å²) >= 11 is 3.45. The highest BCUT2D eigenvalue weighted by Gasteiger charge is 2.09. The van der Waals surface area contributed by atoms with Crippen LogP contribution in [0.4, 0.5) is 0 Å². The van der Waals surface area contributed by atoms with Crippen molar-refractivity contribution in [2.45, 2.75) is 19.8 Å². The van der Waals surface area contributed by atoms with Gasteiger partial charge in [-0.3, -0.25) is 4.79 Å². The molecule has 0 aromatic heterocycles. The van der Waals surface area contributed by atoms with Gasteiger partial charge in [-0.15, -0.1) is 0 Å². The number of aryl methyl sites for hydroxylation is 1. The molecule has 0 saturated carbocycles. The molecule has 0 amide bonds. The monoisotopic (exact) mass is 315 g/mol. The molecule has 1 aromatic carbocycles. The largest absolute Gasteiger partial charge is 0.492 e. The fourth-order valence-electron chi connectivity index (χ4n) is 1.69. The molecule has 2 N–H and O–H groups in total. The second-order valence-electron chi connectivity index (χ2n) is 3.92. The average Bonchev–Trinajstić information content (AvgIpc) is 2.32. The van der Waals surface area contributed by atoms with Gasteiger partial charge in [-0.1, -0.05) is 15.9 Å². The minimum absolute atomic E-state index is 0.244. The van der Waals surface area contributed by atoms with Crippen molar-refractivity contribution in [2.75, 3.05) is 20.3 Å². The van der Waals surface area contributed by atoms with Crippen molar-refractivity contribution in [2.24, 2.45) is 5.73 Å². The van der Waals surface area contributed by atoms with Crippen LogP contribution in [0.3, 0.4) is 0 Å². The van der Waals surface area contributed by atoms with Crippen LogP contribution in [0.2, 0.25) is 0 Å². The Morgan fingerprint density at radius 2 is 2.17 bits per heavy atom. The Morgan fingerprint density at radius 1 is 1.44 bits per heavy atom. The lowest BCUT2D eigenvalue weighted by molar-refractivity contribution is -0.141. The number of carbonyl (C=O) groups excluding carboxylic acids is 1. The van der Waals surface area contributed by atoms with Crippen LogP contribution in [0.1, 0.15) is 17.5 Å². The molecule has 18 heavy (non-hydrogen) atoms. The van der Waals surface area contributed by atoms with Gasteiger partial charge in [0.15, 0.2) is 0 Å². The molecule has 1 aromatic rings. The molecule has 0 heterocycles. The van der Waals surface area contributed by atoms with Crippen LogP contribution in [0.25, 0.3) is 0 Å². The fourth-order valence-corrected chi connectivity index (χ4v) is 2.31. The number of ether oxygens (including phenoxy) is 2. The summed E-state index contributed by atoms with van der Waals surface area (Å²) < 4.78 is 11.2. The van der Waals surface area contributed by atoms with E-state index in [0.29, 0.717) is 13.2 Å². The number of hydrogen-bond donors (Lipinski definition) is 1. The van der Waals surface area contributed by atoms with E-state index in [9.17, 15) is 4.79 Å². The maximum absolute atomic E-state index is 11.0. The Labute approximate surface area is 116 Å². The third kappa shape index (κ3) is 4.31. The van der Waals surface area contributed by atoms with E-state index in [2.05, 4.69) is 20.7 Å². The molecule has 0 atom stereocenters. The van der Waals surface area contributed by atoms with Gasteiger partial charge < -0.3 is 15.2 Å². The molecule has 0 aliphatic rings. The van der Waals surface area contributed by atoms with E-state index in [1.165, 1.54) is 7.11 Å². The quantitative estimate of drug-likeness (QED) is 0.817. The van der Waals surface area contributed by atoms with Gasteiger partial charge in [0.25, 0.3) is 0 Å². The third-order valence-corrected chi connectivity index (χ3v) is 2.97. The number of carbonyl (C=O) groups is 1. The first-order valence-electron chi connectivity index (χ1n) is 5.77. The van der Waals surface area contributed by atoms with Gasteiger partial charge in [-0.05, 0) is 43.1 Å². The summed E-state index contributed by atoms with van der Waals surface area (Å²) in [5.74, 6) is 0.540. The van der Waals surface area contributed by atoms with Crippen molar-refractivity contribution in [3.63, 3.8) is 0 Å². The average molecular weight is 316 g/mol. The normalized spacial score (nSPS) is 10.2. The molecule has 0 unspecified atom stereocenters. The van der Waals surface area contributed by atoms with Crippen molar-refractivity contribution >= 4 is 21.9 Å². The molecule has 0 aliphatic heterocycles. The molecule has 0 spiro atoms. The summed E-state index contributed by atoms with van der Waals surface area (Å²) in [6.45, 7) is 2.84. The van der Waals surface area contributed by atoms with E-state index in [1.807, 2.05) is 19.1 Å². The van der Waals surface area contributed by atoms with Gasteiger partial charge in [0, 0.05) is 4.47 Å². The second-order valence-corrected chi connectivity index (χ2v) is 4.84. The van der Waals surface area contributed by atoms with Gasteiger partial charge in [0.2, 0.25) is 0 Å². The number of hydrogen-bond acceptors (Lipinski definition) is 4. The van der Waals surface area contributed by atoms with Gasteiger partial charge >= 0.3 is 5.97 Å². The minimum atomic E-state index is -0.273. The summed E-state index contributed by atoms with van der Waals surface area (Å²) in [4.78, 5) is 11.0. The minimum Gasteiger partial charge on any atom is -0.492 e. The zero-order valence-electron chi connectivity index (χ0n) is 10.7. The molecular weight excluding hydrogens is 298 g/mol. The van der Waals surface area contributed by atoms with E-state index in [-0.39, 0.29) is 12.4 Å². The van der Waals surface area contributed by atoms with Crippen LogP contribution in [-0.4, -0.2) is 26.2 Å². The van der Waals surface area contributed by atoms with E-state index >= 15 is 0 Å². The Kier molecular flexibility index (Phi) is 6.15. The smallest absolute Gasteiger partial charge is 0.308 e. The molecular formula is C13H18BrNO3. The van der Waals surface area contributed by atoms with E-state index in [1.54, 1.807) is 0 Å². The summed E-state index contributed by atoms with van der Waals surface area (Å²) in [6.07, 6.45) is 0.988. The van der Waals surface area contributed by atoms with Crippen LogP contribution in [0, 0.1) is 6.92 Å². The maximum Gasteiger partial charge on any atom is 0.308 e. The van der Waals surface area contributed by atoms with Crippen molar-refractivity contribution in [3.8, 4) is 5.75 Å². The van der Waals surface area contributed by atoms with Gasteiger partial charge in [0.05, 0.1) is 20.1 Å². The molecule has 0 aliphatic carbocycles. The van der Waals surface area contributed by atoms with Crippen LogP contribution in [-0.2, 0) is 16.0 Å². The molecule has 0 bridgehead atoms. The molecule has 0 saturated heterocycles. The van der Waals surface area contributed by atoms with E-state index in [0.717, 1.165) is 27.8 Å². The predicted molar refractivity (Wildman–Crippen MR) is 73.8 cm³/mol. The van der Waals surface area contributed by atoms with Gasteiger partial charge in [0.1, 0.15) is 5.75 Å². The van der Waals surface area contributed by atoms with Crippen LogP contribution in [0.15, 0.2) is 16.6 Å². The lowest BCUT2D eigenvalue weighted by atomic mass is 10.1. The Bertz CT molecular complexity index is 421. The Hall–Kier alpha value is -1.07. The summed E-state index contributed by atoms with van der Waals surface area (Å²) in [5.41, 5.74) is 7.66. The molecule has 1 rings (SSSR count).